The third kappa shape index (κ3) is 3.73. The van der Waals surface area contributed by atoms with Crippen molar-refractivity contribution in [1.29, 1.82) is 0 Å². The smallest absolute Gasteiger partial charge is 1.00 e. The molecule has 58 valence electrons. The zero-order chi connectivity index (χ0) is 7.61. The van der Waals surface area contributed by atoms with Gasteiger partial charge in [-0.2, -0.15) is 0 Å². The van der Waals surface area contributed by atoms with E-state index in [1.165, 1.54) is 6.66 Å². The van der Waals surface area contributed by atoms with Gasteiger partial charge in [0.25, 0.3) is 0 Å². The van der Waals surface area contributed by atoms with Crippen molar-refractivity contribution < 1.29 is 12.3 Å². The predicted molar refractivity (Wildman–Crippen MR) is 49.8 cm³/mol. The zero-order valence-corrected chi connectivity index (χ0v) is 9.50. The van der Waals surface area contributed by atoms with Crippen LogP contribution in [0.4, 0.5) is 0 Å². The first-order valence-electron chi connectivity index (χ1n) is 2.96. The predicted octanol–water partition coefficient (Wildman–Crippen LogP) is 1.06. The summed E-state index contributed by atoms with van der Waals surface area (Å²) in [5, 5.41) is 0.509. The van der Waals surface area contributed by atoms with Gasteiger partial charge in [0, 0.05) is 12.0 Å². The van der Waals surface area contributed by atoms with Crippen LogP contribution in [-0.4, -0.2) is 49.3 Å². The van der Waals surface area contributed by atoms with Crippen LogP contribution < -0.4 is 5.30 Å². The van der Waals surface area contributed by atoms with Gasteiger partial charge in [-0.25, -0.2) is 0 Å². The maximum atomic E-state index is 11.0. The third-order valence-electron chi connectivity index (χ3n) is 1.24. The molecule has 4 heteroatoms. The molecule has 1 atom stereocenters. The van der Waals surface area contributed by atoms with Crippen molar-refractivity contribution in [3.05, 3.63) is 30.3 Å². The Hall–Kier alpha value is 0.670. The van der Waals surface area contributed by atoms with Gasteiger partial charge in [0.15, 0.2) is 0 Å². The van der Waals surface area contributed by atoms with Crippen LogP contribution in [0.15, 0.2) is 30.3 Å². The summed E-state index contributed by atoms with van der Waals surface area (Å²) in [5.74, 6) is 0. The first kappa shape index (κ1) is 11.7. The molecule has 0 spiro atoms. The summed E-state index contributed by atoms with van der Waals surface area (Å²) in [6.07, 6.45) is 0. The molecule has 0 aromatic heterocycles. The van der Waals surface area contributed by atoms with Gasteiger partial charge in [0.1, 0.15) is 0 Å². The van der Waals surface area contributed by atoms with Crippen LogP contribution in [0.2, 0.25) is 0 Å². The summed E-state index contributed by atoms with van der Waals surface area (Å²) in [7, 11) is -3.02. The van der Waals surface area contributed by atoms with Gasteiger partial charge in [-0.15, -0.1) is 0 Å². The summed E-state index contributed by atoms with van der Waals surface area (Å²) < 4.78 is 11.0. The maximum Gasteiger partial charge on any atom is 2.00 e. The molecule has 0 aliphatic rings. The molecule has 0 radical (unpaired) electrons. The molecule has 11 heavy (non-hydrogen) atoms. The molecule has 1 aromatic rings. The average molecular weight is 198 g/mol. The van der Waals surface area contributed by atoms with Crippen LogP contribution in [0.25, 0.3) is 0 Å². The van der Waals surface area contributed by atoms with Gasteiger partial charge in [0.2, 0.25) is 7.37 Å². The molecule has 0 bridgehead atoms. The fourth-order valence-corrected chi connectivity index (χ4v) is 1.43. The van der Waals surface area contributed by atoms with Gasteiger partial charge >= 0.3 is 37.7 Å². The molecular formula is C7H11CaO2P. The van der Waals surface area contributed by atoms with Gasteiger partial charge in [-0.1, -0.05) is 18.2 Å². The maximum absolute atomic E-state index is 11.0. The Bertz CT molecular complexity index is 262. The van der Waals surface area contributed by atoms with Crippen molar-refractivity contribution >= 4 is 50.4 Å². The Morgan fingerprint density at radius 3 is 2.09 bits per heavy atom. The van der Waals surface area contributed by atoms with E-state index in [9.17, 15) is 4.57 Å². The largest absolute Gasteiger partial charge is 2.00 e. The Balaban J connectivity index is -0.000000333. The number of hydrogen-bond acceptors (Lipinski definition) is 1. The standard InChI is InChI=1S/C7H9O2P.Ca.2H/c1-10(8,9)7-5-3-2-4-6-7;;;/h2-6H,1H3,(H,8,9);;;/q;+2;2*-1. The molecular weight excluding hydrogens is 187 g/mol. The molecule has 0 saturated carbocycles. The van der Waals surface area contributed by atoms with E-state index in [1.54, 1.807) is 24.3 Å². The average Bonchev–Trinajstić information content (AvgIpc) is 1.88. The topological polar surface area (TPSA) is 37.3 Å². The molecule has 1 rings (SSSR count). The molecule has 0 aliphatic heterocycles. The van der Waals surface area contributed by atoms with Gasteiger partial charge in [-0.3, -0.25) is 4.57 Å². The summed E-state index contributed by atoms with van der Waals surface area (Å²) in [6.45, 7) is 1.34. The first-order chi connectivity index (χ1) is 4.61. The minimum absolute atomic E-state index is 0. The molecule has 1 N–H and O–H groups in total. The minimum Gasteiger partial charge on any atom is -1.00 e. The van der Waals surface area contributed by atoms with Crippen molar-refractivity contribution in [1.82, 2.24) is 0 Å². The second kappa shape index (κ2) is 4.64. The van der Waals surface area contributed by atoms with Gasteiger partial charge < -0.3 is 7.75 Å². The number of rotatable bonds is 1. The molecule has 0 aliphatic carbocycles. The third-order valence-corrected chi connectivity index (χ3v) is 2.49. The van der Waals surface area contributed by atoms with E-state index in [0.29, 0.717) is 5.30 Å². The summed E-state index contributed by atoms with van der Waals surface area (Å²) in [6, 6.07) is 8.63. The Morgan fingerprint density at radius 2 is 1.82 bits per heavy atom. The van der Waals surface area contributed by atoms with Crippen molar-refractivity contribution in [2.24, 2.45) is 0 Å². The van der Waals surface area contributed by atoms with Crippen molar-refractivity contribution in [3.8, 4) is 0 Å². The summed E-state index contributed by atoms with van der Waals surface area (Å²) in [5.41, 5.74) is 0. The minimum atomic E-state index is -3.02. The fraction of sp³-hybridized carbons (Fsp3) is 0.143. The van der Waals surface area contributed by atoms with E-state index in [2.05, 4.69) is 0 Å². The Labute approximate surface area is 99.1 Å². The Morgan fingerprint density at radius 1 is 1.36 bits per heavy atom. The molecule has 0 fully saturated rings. The van der Waals surface area contributed by atoms with Crippen molar-refractivity contribution in [2.75, 3.05) is 6.66 Å². The molecule has 0 heterocycles. The summed E-state index contributed by atoms with van der Waals surface area (Å²) in [4.78, 5) is 9.04. The molecule has 1 unspecified atom stereocenters. The van der Waals surface area contributed by atoms with Crippen LogP contribution in [0.3, 0.4) is 0 Å². The van der Waals surface area contributed by atoms with E-state index >= 15 is 0 Å². The first-order valence-corrected chi connectivity index (χ1v) is 5.07. The van der Waals surface area contributed by atoms with E-state index in [4.69, 9.17) is 4.89 Å². The molecule has 0 saturated heterocycles. The SMILES string of the molecule is CP(=O)(O)c1ccccc1.[Ca+2].[H-].[H-]. The summed E-state index contributed by atoms with van der Waals surface area (Å²) >= 11 is 0. The second-order valence-electron chi connectivity index (χ2n) is 2.21. The van der Waals surface area contributed by atoms with E-state index in [1.807, 2.05) is 6.07 Å². The molecule has 0 amide bonds. The zero-order valence-electron chi connectivity index (χ0n) is 8.40. The molecule has 1 aromatic carbocycles. The van der Waals surface area contributed by atoms with Crippen molar-refractivity contribution in [3.63, 3.8) is 0 Å². The number of benzene rings is 1. The molecule has 2 nitrogen and oxygen atoms in total. The van der Waals surface area contributed by atoms with Crippen LogP contribution in [-0.2, 0) is 4.57 Å². The second-order valence-corrected chi connectivity index (χ2v) is 4.49. The number of hydrogen-bond donors (Lipinski definition) is 1. The van der Waals surface area contributed by atoms with Gasteiger partial charge in [0.05, 0.1) is 0 Å². The Kier molecular flexibility index (Phi) is 4.92. The van der Waals surface area contributed by atoms with Crippen LogP contribution in [0, 0.1) is 0 Å². The quantitative estimate of drug-likeness (QED) is 0.541. The van der Waals surface area contributed by atoms with E-state index in [0.717, 1.165) is 0 Å². The fourth-order valence-electron chi connectivity index (χ4n) is 0.705. The normalized spacial score (nSPS) is 14.7. The monoisotopic (exact) mass is 198 g/mol. The van der Waals surface area contributed by atoms with Crippen molar-refractivity contribution in [2.45, 2.75) is 0 Å². The van der Waals surface area contributed by atoms with Crippen LogP contribution in [0.1, 0.15) is 2.85 Å². The van der Waals surface area contributed by atoms with Crippen LogP contribution >= 0.6 is 7.37 Å². The van der Waals surface area contributed by atoms with E-state index in [-0.39, 0.29) is 40.6 Å². The van der Waals surface area contributed by atoms with Crippen LogP contribution in [0.5, 0.6) is 0 Å². The van der Waals surface area contributed by atoms with E-state index < -0.39 is 7.37 Å². The van der Waals surface area contributed by atoms with Gasteiger partial charge in [-0.05, 0) is 12.1 Å².